The molecular formula is C13H11NO5S. The molecule has 2 aromatic rings. The van der Waals surface area contributed by atoms with Gasteiger partial charge in [0.15, 0.2) is 21.3 Å². The third-order valence-corrected chi connectivity index (χ3v) is 3.54. The van der Waals surface area contributed by atoms with E-state index in [0.717, 1.165) is 6.26 Å². The van der Waals surface area contributed by atoms with Gasteiger partial charge >= 0.3 is 5.97 Å². The Bertz CT molecular complexity index is 755. The molecule has 1 heterocycles. The summed E-state index contributed by atoms with van der Waals surface area (Å²) in [6, 6.07) is 8.79. The van der Waals surface area contributed by atoms with Crippen molar-refractivity contribution in [3.05, 3.63) is 48.3 Å². The largest absolute Gasteiger partial charge is 0.476 e. The molecule has 1 N–H and O–H groups in total. The van der Waals surface area contributed by atoms with Gasteiger partial charge in [-0.2, -0.15) is 0 Å². The fraction of sp³-hybridized carbons (Fsp3) is 0.0769. The minimum absolute atomic E-state index is 0.0469. The zero-order valence-corrected chi connectivity index (χ0v) is 11.3. The van der Waals surface area contributed by atoms with Crippen LogP contribution in [0.25, 0.3) is 0 Å². The van der Waals surface area contributed by atoms with Crippen molar-refractivity contribution in [1.82, 2.24) is 4.98 Å². The molecule has 20 heavy (non-hydrogen) atoms. The number of nitrogens with zero attached hydrogens (tertiary/aromatic N) is 1. The maximum atomic E-state index is 11.5. The normalized spacial score (nSPS) is 11.1. The summed E-state index contributed by atoms with van der Waals surface area (Å²) >= 11 is 0. The summed E-state index contributed by atoms with van der Waals surface area (Å²) < 4.78 is 28.3. The van der Waals surface area contributed by atoms with Crippen molar-refractivity contribution in [3.8, 4) is 11.5 Å². The van der Waals surface area contributed by atoms with Crippen molar-refractivity contribution in [2.24, 2.45) is 0 Å². The number of aromatic carboxylic acids is 1. The van der Waals surface area contributed by atoms with Gasteiger partial charge in [0, 0.05) is 12.5 Å². The standard InChI is InChI=1S/C13H11NO5S/c1-20(17,18)10-5-2-4-9(8-10)19-11-6-3-7-14-12(11)13(15)16/h2-8H,1H3,(H,15,16). The number of benzene rings is 1. The Morgan fingerprint density at radius 2 is 2.00 bits per heavy atom. The fourth-order valence-electron chi connectivity index (χ4n) is 1.53. The SMILES string of the molecule is CS(=O)(=O)c1cccc(Oc2cccnc2C(=O)O)c1. The predicted octanol–water partition coefficient (Wildman–Crippen LogP) is 1.98. The topological polar surface area (TPSA) is 93.6 Å². The zero-order valence-electron chi connectivity index (χ0n) is 10.5. The molecule has 0 bridgehead atoms. The third kappa shape index (κ3) is 3.12. The Balaban J connectivity index is 2.39. The van der Waals surface area contributed by atoms with E-state index in [4.69, 9.17) is 9.84 Å². The molecule has 0 unspecified atom stereocenters. The van der Waals surface area contributed by atoms with E-state index in [1.165, 1.54) is 42.6 Å². The van der Waals surface area contributed by atoms with Crippen molar-refractivity contribution in [2.45, 2.75) is 4.90 Å². The summed E-state index contributed by atoms with van der Waals surface area (Å²) in [4.78, 5) is 14.8. The van der Waals surface area contributed by atoms with Crippen LogP contribution < -0.4 is 4.74 Å². The van der Waals surface area contributed by atoms with Gasteiger partial charge in [-0.25, -0.2) is 18.2 Å². The first-order valence-corrected chi connectivity index (χ1v) is 7.43. The summed E-state index contributed by atoms with van der Waals surface area (Å²) in [6.45, 7) is 0. The fourth-order valence-corrected chi connectivity index (χ4v) is 2.18. The van der Waals surface area contributed by atoms with Gasteiger partial charge in [0.1, 0.15) is 5.75 Å². The first-order chi connectivity index (χ1) is 9.38. The minimum Gasteiger partial charge on any atom is -0.476 e. The summed E-state index contributed by atoms with van der Waals surface area (Å²) in [7, 11) is -3.36. The molecule has 7 heteroatoms. The monoisotopic (exact) mass is 293 g/mol. The van der Waals surface area contributed by atoms with Gasteiger partial charge in [-0.15, -0.1) is 0 Å². The number of carboxylic acid groups (broad SMARTS) is 1. The van der Waals surface area contributed by atoms with Crippen LogP contribution in [0.2, 0.25) is 0 Å². The molecule has 0 spiro atoms. The Morgan fingerprint density at radius 3 is 2.65 bits per heavy atom. The maximum absolute atomic E-state index is 11.5. The second kappa shape index (κ2) is 5.30. The number of hydrogen-bond acceptors (Lipinski definition) is 5. The molecule has 0 saturated heterocycles. The molecule has 0 aliphatic heterocycles. The van der Waals surface area contributed by atoms with Crippen molar-refractivity contribution in [2.75, 3.05) is 6.26 Å². The highest BCUT2D eigenvalue weighted by Gasteiger charge is 2.14. The summed E-state index contributed by atoms with van der Waals surface area (Å²) in [5.74, 6) is -0.950. The van der Waals surface area contributed by atoms with Gasteiger partial charge in [-0.1, -0.05) is 6.07 Å². The quantitative estimate of drug-likeness (QED) is 0.926. The lowest BCUT2D eigenvalue weighted by molar-refractivity contribution is 0.0687. The van der Waals surface area contributed by atoms with Crippen LogP contribution in [0.5, 0.6) is 11.5 Å². The Hall–Kier alpha value is -2.41. The van der Waals surface area contributed by atoms with Gasteiger partial charge in [0.25, 0.3) is 0 Å². The molecule has 0 amide bonds. The molecule has 0 atom stereocenters. The Kier molecular flexibility index (Phi) is 3.71. The summed E-state index contributed by atoms with van der Waals surface area (Å²) in [6.07, 6.45) is 2.42. The van der Waals surface area contributed by atoms with E-state index in [9.17, 15) is 13.2 Å². The van der Waals surface area contributed by atoms with Gasteiger partial charge in [0.2, 0.25) is 0 Å². The van der Waals surface area contributed by atoms with Gasteiger partial charge in [-0.3, -0.25) is 0 Å². The number of sulfone groups is 1. The number of carboxylic acids is 1. The predicted molar refractivity (Wildman–Crippen MR) is 70.8 cm³/mol. The van der Waals surface area contributed by atoms with Crippen LogP contribution in [-0.4, -0.2) is 30.7 Å². The van der Waals surface area contributed by atoms with Crippen LogP contribution in [-0.2, 0) is 9.84 Å². The molecule has 1 aromatic heterocycles. The Labute approximate surface area is 115 Å². The van der Waals surface area contributed by atoms with E-state index in [2.05, 4.69) is 4.98 Å². The highest BCUT2D eigenvalue weighted by molar-refractivity contribution is 7.90. The van der Waals surface area contributed by atoms with E-state index < -0.39 is 15.8 Å². The molecule has 1 aromatic carbocycles. The number of carbonyl (C=O) groups is 1. The lowest BCUT2D eigenvalue weighted by Crippen LogP contribution is -2.03. The van der Waals surface area contributed by atoms with E-state index in [1.54, 1.807) is 0 Å². The first kappa shape index (κ1) is 14.0. The van der Waals surface area contributed by atoms with Crippen LogP contribution >= 0.6 is 0 Å². The summed E-state index contributed by atoms with van der Waals surface area (Å²) in [5, 5.41) is 8.99. The van der Waals surface area contributed by atoms with Crippen molar-refractivity contribution >= 4 is 15.8 Å². The Morgan fingerprint density at radius 1 is 1.25 bits per heavy atom. The van der Waals surface area contributed by atoms with E-state index >= 15 is 0 Å². The smallest absolute Gasteiger partial charge is 0.358 e. The van der Waals surface area contributed by atoms with E-state index in [1.807, 2.05) is 0 Å². The van der Waals surface area contributed by atoms with Crippen molar-refractivity contribution < 1.29 is 23.1 Å². The molecule has 2 rings (SSSR count). The van der Waals surface area contributed by atoms with E-state index in [-0.39, 0.29) is 22.1 Å². The molecular weight excluding hydrogens is 282 g/mol. The molecule has 6 nitrogen and oxygen atoms in total. The molecule has 0 saturated carbocycles. The van der Waals surface area contributed by atoms with Gasteiger partial charge in [-0.05, 0) is 30.3 Å². The van der Waals surface area contributed by atoms with Crippen LogP contribution in [0.4, 0.5) is 0 Å². The second-order valence-electron chi connectivity index (χ2n) is 4.00. The highest BCUT2D eigenvalue weighted by atomic mass is 32.2. The molecule has 0 radical (unpaired) electrons. The summed E-state index contributed by atoms with van der Waals surface area (Å²) in [5.41, 5.74) is -0.239. The molecule has 0 aliphatic rings. The first-order valence-electron chi connectivity index (χ1n) is 5.54. The lowest BCUT2D eigenvalue weighted by atomic mass is 10.3. The number of aromatic nitrogens is 1. The van der Waals surface area contributed by atoms with Crippen molar-refractivity contribution in [1.29, 1.82) is 0 Å². The number of hydrogen-bond donors (Lipinski definition) is 1. The lowest BCUT2D eigenvalue weighted by Gasteiger charge is -2.08. The molecule has 0 aliphatic carbocycles. The average Bonchev–Trinajstić information content (AvgIpc) is 2.38. The van der Waals surface area contributed by atoms with Gasteiger partial charge in [0.05, 0.1) is 4.90 Å². The zero-order chi connectivity index (χ0) is 14.8. The maximum Gasteiger partial charge on any atom is 0.358 e. The van der Waals surface area contributed by atoms with E-state index in [0.29, 0.717) is 0 Å². The second-order valence-corrected chi connectivity index (χ2v) is 6.02. The number of rotatable bonds is 4. The molecule has 104 valence electrons. The average molecular weight is 293 g/mol. The van der Waals surface area contributed by atoms with Crippen LogP contribution in [0, 0.1) is 0 Å². The van der Waals surface area contributed by atoms with Crippen LogP contribution in [0.3, 0.4) is 0 Å². The van der Waals surface area contributed by atoms with Crippen LogP contribution in [0.1, 0.15) is 10.5 Å². The van der Waals surface area contributed by atoms with Crippen LogP contribution in [0.15, 0.2) is 47.5 Å². The molecule has 0 fully saturated rings. The third-order valence-electron chi connectivity index (χ3n) is 2.43. The van der Waals surface area contributed by atoms with Gasteiger partial charge < -0.3 is 9.84 Å². The highest BCUT2D eigenvalue weighted by Crippen LogP contribution is 2.25. The number of pyridine rings is 1. The number of ether oxygens (including phenoxy) is 1. The minimum atomic E-state index is -3.36. The van der Waals surface area contributed by atoms with Crippen molar-refractivity contribution in [3.63, 3.8) is 0 Å².